The van der Waals surface area contributed by atoms with E-state index in [-0.39, 0.29) is 0 Å². The third-order valence-electron chi connectivity index (χ3n) is 2.12. The van der Waals surface area contributed by atoms with Crippen LogP contribution in [0.2, 0.25) is 0 Å². The summed E-state index contributed by atoms with van der Waals surface area (Å²) in [6.45, 7) is 4.21. The molecule has 1 heterocycles. The van der Waals surface area contributed by atoms with Crippen molar-refractivity contribution in [3.63, 3.8) is 0 Å². The number of aliphatic hydroxyl groups excluding tert-OH is 1. The summed E-state index contributed by atoms with van der Waals surface area (Å²) >= 11 is 1.87. The molecule has 0 aliphatic rings. The maximum Gasteiger partial charge on any atom is 0.0535 e. The molecule has 0 atom stereocenters. The van der Waals surface area contributed by atoms with Crippen molar-refractivity contribution in [2.45, 2.75) is 19.9 Å². The maximum atomic E-state index is 8.59. The number of aryl methyl sites for hydroxylation is 1. The van der Waals surface area contributed by atoms with Crippen molar-refractivity contribution in [1.82, 2.24) is 15.5 Å². The van der Waals surface area contributed by atoms with Crippen molar-refractivity contribution in [2.24, 2.45) is 0 Å². The molecule has 1 aromatic heterocycles. The van der Waals surface area contributed by atoms with E-state index in [1.165, 1.54) is 5.56 Å². The molecule has 0 saturated carbocycles. The van der Waals surface area contributed by atoms with Gasteiger partial charge in [0.1, 0.15) is 0 Å². The maximum absolute atomic E-state index is 8.59. The van der Waals surface area contributed by atoms with E-state index in [1.54, 1.807) is 0 Å². The number of H-pyrrole nitrogens is 1. The highest BCUT2D eigenvalue weighted by Crippen LogP contribution is 2.02. The summed E-state index contributed by atoms with van der Waals surface area (Å²) < 4.78 is 0. The third-order valence-corrected chi connectivity index (χ3v) is 3.19. The fourth-order valence-electron chi connectivity index (χ4n) is 1.19. The molecule has 0 unspecified atom stereocenters. The summed E-state index contributed by atoms with van der Waals surface area (Å²) in [5.41, 5.74) is 2.37. The second-order valence-electron chi connectivity index (χ2n) is 3.39. The number of thioether (sulfide) groups is 1. The Morgan fingerprint density at radius 1 is 1.53 bits per heavy atom. The van der Waals surface area contributed by atoms with Crippen LogP contribution in [0.1, 0.15) is 17.7 Å². The summed E-state index contributed by atoms with van der Waals surface area (Å²) in [6, 6.07) is 0. The number of nitrogens with one attached hydrogen (secondary N) is 2. The first-order valence-corrected chi connectivity index (χ1v) is 6.38. The molecule has 0 aliphatic carbocycles. The van der Waals surface area contributed by atoms with E-state index in [2.05, 4.69) is 15.5 Å². The standard InChI is InChI=1S/C10H19N3OS/c1-9-10(8-12-13-9)7-11-3-6-15-5-2-4-14/h8,11,14H,2-7H2,1H3,(H,12,13). The lowest BCUT2D eigenvalue weighted by Crippen LogP contribution is -2.16. The van der Waals surface area contributed by atoms with E-state index < -0.39 is 0 Å². The Morgan fingerprint density at radius 3 is 3.07 bits per heavy atom. The highest BCUT2D eigenvalue weighted by Gasteiger charge is 1.98. The second kappa shape index (κ2) is 7.73. The number of aliphatic hydroxyl groups is 1. The first kappa shape index (κ1) is 12.5. The van der Waals surface area contributed by atoms with Crippen LogP contribution in [0.5, 0.6) is 0 Å². The monoisotopic (exact) mass is 229 g/mol. The number of nitrogens with zero attached hydrogens (tertiary/aromatic N) is 1. The summed E-state index contributed by atoms with van der Waals surface area (Å²) in [5, 5.41) is 18.8. The molecule has 3 N–H and O–H groups in total. The fraction of sp³-hybridized carbons (Fsp3) is 0.700. The normalized spacial score (nSPS) is 10.8. The van der Waals surface area contributed by atoms with Crippen LogP contribution in [-0.4, -0.2) is 40.0 Å². The molecular formula is C10H19N3OS. The van der Waals surface area contributed by atoms with Crippen molar-refractivity contribution in [2.75, 3.05) is 24.7 Å². The van der Waals surface area contributed by atoms with Gasteiger partial charge < -0.3 is 10.4 Å². The summed E-state index contributed by atoms with van der Waals surface area (Å²) in [7, 11) is 0. The molecule has 0 spiro atoms. The van der Waals surface area contributed by atoms with Gasteiger partial charge in [-0.15, -0.1) is 0 Å². The SMILES string of the molecule is Cc1[nH]ncc1CNCCSCCCO. The molecule has 4 nitrogen and oxygen atoms in total. The molecule has 0 saturated heterocycles. The molecule has 1 rings (SSSR count). The Balaban J connectivity index is 1.96. The molecule has 86 valence electrons. The molecular weight excluding hydrogens is 210 g/mol. The smallest absolute Gasteiger partial charge is 0.0535 e. The number of aromatic amines is 1. The Labute approximate surface area is 94.9 Å². The van der Waals surface area contributed by atoms with Gasteiger partial charge in [-0.1, -0.05) is 0 Å². The van der Waals surface area contributed by atoms with Gasteiger partial charge in [0, 0.05) is 36.7 Å². The third kappa shape index (κ3) is 5.20. The lowest BCUT2D eigenvalue weighted by atomic mass is 10.3. The quantitative estimate of drug-likeness (QED) is 0.580. The fourth-order valence-corrected chi connectivity index (χ4v) is 2.02. The van der Waals surface area contributed by atoms with E-state index in [0.29, 0.717) is 6.61 Å². The largest absolute Gasteiger partial charge is 0.396 e. The van der Waals surface area contributed by atoms with Crippen LogP contribution >= 0.6 is 11.8 Å². The van der Waals surface area contributed by atoms with E-state index in [4.69, 9.17) is 5.11 Å². The Hall–Kier alpha value is -0.520. The van der Waals surface area contributed by atoms with Crippen molar-refractivity contribution >= 4 is 11.8 Å². The zero-order valence-corrected chi connectivity index (χ0v) is 9.94. The summed E-state index contributed by atoms with van der Waals surface area (Å²) in [5.74, 6) is 2.14. The zero-order valence-electron chi connectivity index (χ0n) is 9.12. The van der Waals surface area contributed by atoms with Crippen LogP contribution in [0.3, 0.4) is 0 Å². The topological polar surface area (TPSA) is 60.9 Å². The van der Waals surface area contributed by atoms with Gasteiger partial charge in [-0.3, -0.25) is 5.10 Å². The van der Waals surface area contributed by atoms with E-state index in [0.717, 1.165) is 36.7 Å². The van der Waals surface area contributed by atoms with Crippen LogP contribution in [0.15, 0.2) is 6.20 Å². The molecule has 0 bridgehead atoms. The van der Waals surface area contributed by atoms with Gasteiger partial charge in [0.15, 0.2) is 0 Å². The van der Waals surface area contributed by atoms with E-state index >= 15 is 0 Å². The molecule has 0 radical (unpaired) electrons. The number of aromatic nitrogens is 2. The van der Waals surface area contributed by atoms with Crippen molar-refractivity contribution < 1.29 is 5.11 Å². The van der Waals surface area contributed by atoms with Crippen molar-refractivity contribution in [3.8, 4) is 0 Å². The highest BCUT2D eigenvalue weighted by atomic mass is 32.2. The van der Waals surface area contributed by atoms with Gasteiger partial charge in [0.2, 0.25) is 0 Å². The highest BCUT2D eigenvalue weighted by molar-refractivity contribution is 7.99. The molecule has 0 fully saturated rings. The average Bonchev–Trinajstić information content (AvgIpc) is 2.63. The molecule has 0 aliphatic heterocycles. The van der Waals surface area contributed by atoms with E-state index in [1.807, 2.05) is 24.9 Å². The van der Waals surface area contributed by atoms with Crippen LogP contribution in [0, 0.1) is 6.92 Å². The number of rotatable bonds is 8. The first-order valence-electron chi connectivity index (χ1n) is 5.22. The molecule has 1 aromatic rings. The minimum Gasteiger partial charge on any atom is -0.396 e. The minimum atomic E-state index is 0.300. The Bertz CT molecular complexity index is 265. The molecule has 0 amide bonds. The van der Waals surface area contributed by atoms with Gasteiger partial charge in [0.05, 0.1) is 6.20 Å². The van der Waals surface area contributed by atoms with Crippen LogP contribution in [0.4, 0.5) is 0 Å². The summed E-state index contributed by atoms with van der Waals surface area (Å²) in [4.78, 5) is 0. The lowest BCUT2D eigenvalue weighted by Gasteiger charge is -2.03. The van der Waals surface area contributed by atoms with Gasteiger partial charge in [-0.25, -0.2) is 0 Å². The van der Waals surface area contributed by atoms with E-state index in [9.17, 15) is 0 Å². The van der Waals surface area contributed by atoms with Crippen LogP contribution in [-0.2, 0) is 6.54 Å². The van der Waals surface area contributed by atoms with Gasteiger partial charge in [-0.2, -0.15) is 16.9 Å². The summed E-state index contributed by atoms with van der Waals surface area (Å²) in [6.07, 6.45) is 2.76. The van der Waals surface area contributed by atoms with Crippen molar-refractivity contribution in [1.29, 1.82) is 0 Å². The van der Waals surface area contributed by atoms with Gasteiger partial charge in [-0.05, 0) is 19.1 Å². The van der Waals surface area contributed by atoms with Crippen LogP contribution < -0.4 is 5.32 Å². The Morgan fingerprint density at radius 2 is 2.40 bits per heavy atom. The molecule has 5 heteroatoms. The molecule has 15 heavy (non-hydrogen) atoms. The lowest BCUT2D eigenvalue weighted by molar-refractivity contribution is 0.296. The van der Waals surface area contributed by atoms with Crippen molar-refractivity contribution in [3.05, 3.63) is 17.5 Å². The minimum absolute atomic E-state index is 0.300. The molecule has 0 aromatic carbocycles. The number of hydrogen-bond donors (Lipinski definition) is 3. The first-order chi connectivity index (χ1) is 7.34. The predicted molar refractivity (Wildman–Crippen MR) is 64.1 cm³/mol. The Kier molecular flexibility index (Phi) is 6.47. The van der Waals surface area contributed by atoms with Crippen LogP contribution in [0.25, 0.3) is 0 Å². The average molecular weight is 229 g/mol. The zero-order chi connectivity index (χ0) is 10.9. The number of hydrogen-bond acceptors (Lipinski definition) is 4. The van der Waals surface area contributed by atoms with Gasteiger partial charge >= 0.3 is 0 Å². The van der Waals surface area contributed by atoms with Gasteiger partial charge in [0.25, 0.3) is 0 Å². The predicted octanol–water partition coefficient (Wildman–Crippen LogP) is 0.923. The second-order valence-corrected chi connectivity index (χ2v) is 4.61.